The molecule has 0 spiro atoms. The summed E-state index contributed by atoms with van der Waals surface area (Å²) in [5.41, 5.74) is 0. The van der Waals surface area contributed by atoms with Gasteiger partial charge in [0.2, 0.25) is 0 Å². The third-order valence-corrected chi connectivity index (χ3v) is 2.56. The highest BCUT2D eigenvalue weighted by atomic mass is 35.5. The van der Waals surface area contributed by atoms with Crippen LogP contribution in [0.15, 0.2) is 24.3 Å². The van der Waals surface area contributed by atoms with Crippen LogP contribution in [0.2, 0.25) is 0 Å². The highest BCUT2D eigenvalue weighted by Gasteiger charge is 2.25. The Kier molecular flexibility index (Phi) is 4.01. The minimum absolute atomic E-state index is 0. The summed E-state index contributed by atoms with van der Waals surface area (Å²) in [5.74, 6) is 0.634. The van der Waals surface area contributed by atoms with E-state index in [4.69, 9.17) is 0 Å². The number of allylic oxidation sites excluding steroid dienone is 2. The zero-order chi connectivity index (χ0) is 8.48. The van der Waals surface area contributed by atoms with Gasteiger partial charge in [-0.2, -0.15) is 0 Å². The van der Waals surface area contributed by atoms with Crippen molar-refractivity contribution in [2.75, 3.05) is 21.1 Å². The average molecular weight is 188 g/mol. The summed E-state index contributed by atoms with van der Waals surface area (Å²) in [6.45, 7) is 2.30. The quantitative estimate of drug-likeness (QED) is 0.478. The van der Waals surface area contributed by atoms with Crippen LogP contribution in [0.5, 0.6) is 0 Å². The Morgan fingerprint density at radius 2 is 1.50 bits per heavy atom. The molecule has 1 atom stereocenters. The maximum Gasteiger partial charge on any atom is 0.0954 e. The van der Waals surface area contributed by atoms with Gasteiger partial charge in [0.1, 0.15) is 0 Å². The van der Waals surface area contributed by atoms with Gasteiger partial charge in [-0.3, -0.25) is 0 Å². The Morgan fingerprint density at radius 1 is 1.08 bits per heavy atom. The zero-order valence-electron chi connectivity index (χ0n) is 8.29. The molecule has 12 heavy (non-hydrogen) atoms. The monoisotopic (exact) mass is 187 g/mol. The van der Waals surface area contributed by atoms with Crippen LogP contribution >= 0.6 is 0 Å². The maximum atomic E-state index is 2.30. The van der Waals surface area contributed by atoms with Crippen LogP contribution in [0.4, 0.5) is 0 Å². The number of quaternary nitrogens is 1. The van der Waals surface area contributed by atoms with E-state index in [-0.39, 0.29) is 12.4 Å². The molecular formula is C10H18ClN. The molecule has 0 aliphatic heterocycles. The molecular weight excluding hydrogens is 170 g/mol. The molecule has 0 N–H and O–H groups in total. The fourth-order valence-electron chi connectivity index (χ4n) is 1.29. The molecule has 0 heterocycles. The summed E-state index contributed by atoms with van der Waals surface area (Å²) in [4.78, 5) is 0. The Hall–Kier alpha value is -0.270. The van der Waals surface area contributed by atoms with E-state index >= 15 is 0 Å². The first-order valence-electron chi connectivity index (χ1n) is 4.18. The first-order valence-corrected chi connectivity index (χ1v) is 4.18. The Labute approximate surface area is 81.8 Å². The largest absolute Gasteiger partial charge is 1.00 e. The molecule has 1 aliphatic rings. The highest BCUT2D eigenvalue weighted by Crippen LogP contribution is 2.19. The number of halogens is 1. The fourth-order valence-corrected chi connectivity index (χ4v) is 1.29. The van der Waals surface area contributed by atoms with Crippen LogP contribution in [-0.4, -0.2) is 31.7 Å². The third-order valence-electron chi connectivity index (χ3n) is 2.56. The fraction of sp³-hybridized carbons (Fsp3) is 0.600. The van der Waals surface area contributed by atoms with Crippen molar-refractivity contribution in [2.45, 2.75) is 13.0 Å². The summed E-state index contributed by atoms with van der Waals surface area (Å²) in [7, 11) is 6.72. The van der Waals surface area contributed by atoms with Gasteiger partial charge in [-0.05, 0) is 6.92 Å². The van der Waals surface area contributed by atoms with E-state index in [1.165, 1.54) is 0 Å². The van der Waals surface area contributed by atoms with Gasteiger partial charge in [0.25, 0.3) is 0 Å². The molecule has 0 aromatic heterocycles. The molecule has 0 aromatic rings. The van der Waals surface area contributed by atoms with Crippen LogP contribution in [0.25, 0.3) is 0 Å². The van der Waals surface area contributed by atoms with Gasteiger partial charge in [-0.25, -0.2) is 0 Å². The molecule has 0 saturated carbocycles. The average Bonchev–Trinajstić information content (AvgIpc) is 2.34. The maximum absolute atomic E-state index is 2.30. The third kappa shape index (κ3) is 2.65. The number of nitrogens with zero attached hydrogens (tertiary/aromatic N) is 1. The Morgan fingerprint density at radius 3 is 1.83 bits per heavy atom. The van der Waals surface area contributed by atoms with Gasteiger partial charge in [0, 0.05) is 5.92 Å². The van der Waals surface area contributed by atoms with Crippen molar-refractivity contribution in [3.8, 4) is 0 Å². The number of rotatable bonds is 2. The normalized spacial score (nSPS) is 19.3. The smallest absolute Gasteiger partial charge is 0.0954 e. The zero-order valence-corrected chi connectivity index (χ0v) is 9.05. The molecule has 0 radical (unpaired) electrons. The highest BCUT2D eigenvalue weighted by molar-refractivity contribution is 5.18. The predicted molar refractivity (Wildman–Crippen MR) is 49.3 cm³/mol. The second kappa shape index (κ2) is 4.11. The first kappa shape index (κ1) is 11.7. The van der Waals surface area contributed by atoms with E-state index in [9.17, 15) is 0 Å². The molecule has 0 fully saturated rings. The molecule has 1 unspecified atom stereocenters. The van der Waals surface area contributed by atoms with Gasteiger partial charge in [-0.1, -0.05) is 24.3 Å². The lowest BCUT2D eigenvalue weighted by molar-refractivity contribution is -0.896. The van der Waals surface area contributed by atoms with Crippen molar-refractivity contribution >= 4 is 0 Å². The standard InChI is InChI=1S/C10H18N.ClH/c1-9(11(2,3)4)10-7-5-6-8-10;/h5-10H,1-4H3;1H/q+1;/p-1. The van der Waals surface area contributed by atoms with Crippen molar-refractivity contribution in [3.63, 3.8) is 0 Å². The predicted octanol–water partition coefficient (Wildman–Crippen LogP) is -1.17. The van der Waals surface area contributed by atoms with E-state index in [1.807, 2.05) is 0 Å². The number of hydrogen-bond acceptors (Lipinski definition) is 0. The van der Waals surface area contributed by atoms with Crippen LogP contribution in [0.1, 0.15) is 6.92 Å². The minimum Gasteiger partial charge on any atom is -1.00 e. The van der Waals surface area contributed by atoms with Crippen LogP contribution in [0, 0.1) is 5.92 Å². The molecule has 0 aromatic carbocycles. The van der Waals surface area contributed by atoms with Crippen LogP contribution < -0.4 is 12.4 Å². The Balaban J connectivity index is 0.00000121. The summed E-state index contributed by atoms with van der Waals surface area (Å²) in [6, 6.07) is 0.671. The molecule has 1 aliphatic carbocycles. The van der Waals surface area contributed by atoms with Crippen molar-refractivity contribution in [1.82, 2.24) is 0 Å². The van der Waals surface area contributed by atoms with E-state index in [2.05, 4.69) is 52.4 Å². The molecule has 2 heteroatoms. The summed E-state index contributed by atoms with van der Waals surface area (Å²) in [5, 5.41) is 0. The van der Waals surface area contributed by atoms with Gasteiger partial charge >= 0.3 is 0 Å². The lowest BCUT2D eigenvalue weighted by atomic mass is 10.0. The molecule has 0 saturated heterocycles. The van der Waals surface area contributed by atoms with Gasteiger partial charge in [-0.15, -0.1) is 0 Å². The molecule has 70 valence electrons. The van der Waals surface area contributed by atoms with Crippen molar-refractivity contribution < 1.29 is 16.9 Å². The van der Waals surface area contributed by atoms with E-state index < -0.39 is 0 Å². The van der Waals surface area contributed by atoms with E-state index in [0.717, 1.165) is 4.48 Å². The van der Waals surface area contributed by atoms with Crippen molar-refractivity contribution in [1.29, 1.82) is 0 Å². The SMILES string of the molecule is CC(C1C=CC=C1)[N+](C)(C)C.[Cl-]. The van der Waals surface area contributed by atoms with Gasteiger partial charge in [0.15, 0.2) is 0 Å². The van der Waals surface area contributed by atoms with E-state index in [0.29, 0.717) is 12.0 Å². The molecule has 0 bridgehead atoms. The molecule has 1 rings (SSSR count). The van der Waals surface area contributed by atoms with Crippen molar-refractivity contribution in [2.24, 2.45) is 5.92 Å². The van der Waals surface area contributed by atoms with Gasteiger partial charge in [0.05, 0.1) is 27.2 Å². The van der Waals surface area contributed by atoms with Crippen molar-refractivity contribution in [3.05, 3.63) is 24.3 Å². The number of hydrogen-bond donors (Lipinski definition) is 0. The Bertz CT molecular complexity index is 177. The first-order chi connectivity index (χ1) is 5.02. The molecule has 0 amide bonds. The van der Waals surface area contributed by atoms with E-state index in [1.54, 1.807) is 0 Å². The minimum atomic E-state index is 0. The topological polar surface area (TPSA) is 0 Å². The van der Waals surface area contributed by atoms with Crippen LogP contribution in [-0.2, 0) is 0 Å². The summed E-state index contributed by atoms with van der Waals surface area (Å²) >= 11 is 0. The van der Waals surface area contributed by atoms with Crippen LogP contribution in [0.3, 0.4) is 0 Å². The summed E-state index contributed by atoms with van der Waals surface area (Å²) in [6.07, 6.45) is 8.82. The lowest BCUT2D eigenvalue weighted by Gasteiger charge is -2.34. The summed E-state index contributed by atoms with van der Waals surface area (Å²) < 4.78 is 1.03. The lowest BCUT2D eigenvalue weighted by Crippen LogP contribution is -3.00. The van der Waals surface area contributed by atoms with Gasteiger partial charge < -0.3 is 16.9 Å². The second-order valence-electron chi connectivity index (χ2n) is 4.20. The molecule has 1 nitrogen and oxygen atoms in total. The second-order valence-corrected chi connectivity index (χ2v) is 4.20.